The molecule has 4 rings (SSSR count). The van der Waals surface area contributed by atoms with Gasteiger partial charge in [0.1, 0.15) is 5.75 Å². The van der Waals surface area contributed by atoms with Gasteiger partial charge in [0.2, 0.25) is 0 Å². The fourth-order valence-corrected chi connectivity index (χ4v) is 3.92. The second kappa shape index (κ2) is 7.28. The van der Waals surface area contributed by atoms with E-state index in [1.807, 2.05) is 12.1 Å². The van der Waals surface area contributed by atoms with E-state index in [2.05, 4.69) is 10.6 Å². The zero-order chi connectivity index (χ0) is 20.6. The highest BCUT2D eigenvalue weighted by Crippen LogP contribution is 2.58. The van der Waals surface area contributed by atoms with Crippen molar-refractivity contribution in [2.75, 3.05) is 24.3 Å². The Morgan fingerprint density at radius 2 is 1.86 bits per heavy atom. The molecule has 2 aromatic rings. The lowest BCUT2D eigenvalue weighted by molar-refractivity contribution is -0.160. The summed E-state index contributed by atoms with van der Waals surface area (Å²) < 4.78 is 45.3. The van der Waals surface area contributed by atoms with E-state index in [0.29, 0.717) is 17.0 Å². The predicted molar refractivity (Wildman–Crippen MR) is 106 cm³/mol. The highest BCUT2D eigenvalue weighted by Gasteiger charge is 2.64. The summed E-state index contributed by atoms with van der Waals surface area (Å²) in [6.45, 7) is 0.896. The number of ether oxygens (including phenoxy) is 1. The van der Waals surface area contributed by atoms with E-state index < -0.39 is 11.6 Å². The number of rotatable bonds is 4. The number of alkyl halides is 3. The van der Waals surface area contributed by atoms with Gasteiger partial charge in [0.05, 0.1) is 18.2 Å². The summed E-state index contributed by atoms with van der Waals surface area (Å²) in [4.78, 5) is 12.7. The Kier molecular flexibility index (Phi) is 4.92. The Hall–Kier alpha value is -2.70. The number of amides is 1. The van der Waals surface area contributed by atoms with Gasteiger partial charge in [-0.15, -0.1) is 0 Å². The summed E-state index contributed by atoms with van der Waals surface area (Å²) in [5, 5.41) is 6.20. The summed E-state index contributed by atoms with van der Waals surface area (Å²) in [7, 11) is 1.54. The fraction of sp³-hybridized carbons (Fsp3) is 0.409. The number of fused-ring (bicyclic) bond motifs is 1. The Morgan fingerprint density at radius 3 is 2.48 bits per heavy atom. The molecule has 0 unspecified atom stereocenters. The summed E-state index contributed by atoms with van der Waals surface area (Å²) in [6, 6.07) is 9.50. The molecule has 4 nitrogen and oxygen atoms in total. The first kappa shape index (κ1) is 19.6. The van der Waals surface area contributed by atoms with Gasteiger partial charge < -0.3 is 15.4 Å². The molecule has 0 saturated heterocycles. The molecule has 0 radical (unpaired) electrons. The standard InChI is InChI=1S/C22H23F3N2O2/c1-29-19-13-17-15(4-2-3-11-26-17)12-18(19)27-20(28)14-5-7-16(8-6-14)21(9-10-21)22(23,24)25/h5-8,12-13,26H,2-4,9-11H2,1H3,(H,27,28). The quantitative estimate of drug-likeness (QED) is 0.728. The average molecular weight is 404 g/mol. The highest BCUT2D eigenvalue weighted by molar-refractivity contribution is 6.05. The van der Waals surface area contributed by atoms with Crippen LogP contribution in [0.4, 0.5) is 24.5 Å². The zero-order valence-electron chi connectivity index (χ0n) is 16.2. The van der Waals surface area contributed by atoms with Gasteiger partial charge in [0.25, 0.3) is 5.91 Å². The van der Waals surface area contributed by atoms with Gasteiger partial charge in [0, 0.05) is 23.9 Å². The van der Waals surface area contributed by atoms with E-state index in [-0.39, 0.29) is 24.3 Å². The Morgan fingerprint density at radius 1 is 1.14 bits per heavy atom. The normalized spacial score (nSPS) is 17.5. The molecule has 0 aromatic heterocycles. The summed E-state index contributed by atoms with van der Waals surface area (Å²) in [5.41, 5.74) is 1.45. The maximum atomic E-state index is 13.3. The molecular formula is C22H23F3N2O2. The molecule has 2 aliphatic rings. The molecule has 0 bridgehead atoms. The molecule has 2 N–H and O–H groups in total. The van der Waals surface area contributed by atoms with Gasteiger partial charge in [-0.05, 0) is 61.4 Å². The topological polar surface area (TPSA) is 50.4 Å². The molecule has 1 amide bonds. The number of anilines is 2. The molecule has 1 heterocycles. The first-order chi connectivity index (χ1) is 13.8. The number of carbonyl (C=O) groups is 1. The SMILES string of the molecule is COc1cc2c(cc1NC(=O)c1ccc(C3(C(F)(F)F)CC3)cc1)CCCCN2. The van der Waals surface area contributed by atoms with Crippen LogP contribution in [0.15, 0.2) is 36.4 Å². The van der Waals surface area contributed by atoms with E-state index in [1.54, 1.807) is 0 Å². The Labute approximate surface area is 167 Å². The number of aryl methyl sites for hydroxylation is 1. The van der Waals surface area contributed by atoms with Gasteiger partial charge in [-0.3, -0.25) is 4.79 Å². The van der Waals surface area contributed by atoms with Crippen LogP contribution in [-0.4, -0.2) is 25.7 Å². The molecule has 1 aliphatic heterocycles. The fourth-order valence-electron chi connectivity index (χ4n) is 3.92. The van der Waals surface area contributed by atoms with Crippen LogP contribution in [0.25, 0.3) is 0 Å². The zero-order valence-corrected chi connectivity index (χ0v) is 16.2. The molecule has 1 saturated carbocycles. The highest BCUT2D eigenvalue weighted by atomic mass is 19.4. The van der Waals surface area contributed by atoms with Crippen molar-refractivity contribution in [2.24, 2.45) is 0 Å². The van der Waals surface area contributed by atoms with Crippen LogP contribution in [-0.2, 0) is 11.8 Å². The lowest BCUT2D eigenvalue weighted by atomic mass is 9.94. The number of carbonyl (C=O) groups excluding carboxylic acids is 1. The minimum atomic E-state index is -4.26. The number of hydrogen-bond acceptors (Lipinski definition) is 3. The maximum absolute atomic E-state index is 13.3. The van der Waals surface area contributed by atoms with Crippen LogP contribution < -0.4 is 15.4 Å². The Bertz CT molecular complexity index is 919. The van der Waals surface area contributed by atoms with Gasteiger partial charge >= 0.3 is 6.18 Å². The molecule has 1 aliphatic carbocycles. The van der Waals surface area contributed by atoms with Crippen molar-refractivity contribution in [3.05, 3.63) is 53.1 Å². The summed E-state index contributed by atoms with van der Waals surface area (Å²) in [6.07, 6.45) is -1.03. The van der Waals surface area contributed by atoms with Crippen molar-refractivity contribution >= 4 is 17.3 Å². The van der Waals surface area contributed by atoms with Crippen molar-refractivity contribution in [1.29, 1.82) is 0 Å². The van der Waals surface area contributed by atoms with Crippen molar-refractivity contribution in [2.45, 2.75) is 43.7 Å². The molecule has 0 atom stereocenters. The number of halogens is 3. The van der Waals surface area contributed by atoms with E-state index in [4.69, 9.17) is 4.74 Å². The van der Waals surface area contributed by atoms with E-state index in [0.717, 1.165) is 37.1 Å². The lowest BCUT2D eigenvalue weighted by Gasteiger charge is -2.20. The predicted octanol–water partition coefficient (Wildman–Crippen LogP) is 5.29. The minimum absolute atomic E-state index is 0.0996. The van der Waals surface area contributed by atoms with Crippen molar-refractivity contribution in [3.63, 3.8) is 0 Å². The van der Waals surface area contributed by atoms with Crippen LogP contribution >= 0.6 is 0 Å². The lowest BCUT2D eigenvalue weighted by Crippen LogP contribution is -2.28. The van der Waals surface area contributed by atoms with E-state index in [1.165, 1.54) is 31.4 Å². The van der Waals surface area contributed by atoms with Crippen molar-refractivity contribution in [1.82, 2.24) is 0 Å². The maximum Gasteiger partial charge on any atom is 0.398 e. The van der Waals surface area contributed by atoms with E-state index >= 15 is 0 Å². The van der Waals surface area contributed by atoms with Gasteiger partial charge in [-0.1, -0.05) is 12.1 Å². The average Bonchev–Trinajstić information content (AvgIpc) is 3.52. The summed E-state index contributed by atoms with van der Waals surface area (Å²) >= 11 is 0. The first-order valence-electron chi connectivity index (χ1n) is 9.77. The minimum Gasteiger partial charge on any atom is -0.494 e. The largest absolute Gasteiger partial charge is 0.494 e. The van der Waals surface area contributed by atoms with Gasteiger partial charge in [-0.25, -0.2) is 0 Å². The third-order valence-corrected chi connectivity index (χ3v) is 5.85. The van der Waals surface area contributed by atoms with Crippen LogP contribution in [0.3, 0.4) is 0 Å². The summed E-state index contributed by atoms with van der Waals surface area (Å²) in [5.74, 6) is 0.158. The van der Waals surface area contributed by atoms with Crippen LogP contribution in [0.1, 0.15) is 47.2 Å². The molecule has 7 heteroatoms. The second-order valence-corrected chi connectivity index (χ2v) is 7.70. The van der Waals surface area contributed by atoms with Crippen LogP contribution in [0.2, 0.25) is 0 Å². The number of methoxy groups -OCH3 is 1. The monoisotopic (exact) mass is 404 g/mol. The van der Waals surface area contributed by atoms with Crippen LogP contribution in [0.5, 0.6) is 5.75 Å². The number of benzene rings is 2. The molecule has 154 valence electrons. The molecule has 2 aromatic carbocycles. The molecule has 1 fully saturated rings. The Balaban J connectivity index is 1.55. The first-order valence-corrected chi connectivity index (χ1v) is 9.77. The van der Waals surface area contributed by atoms with Gasteiger partial charge in [0.15, 0.2) is 0 Å². The smallest absolute Gasteiger partial charge is 0.398 e. The molecular weight excluding hydrogens is 381 g/mol. The van der Waals surface area contributed by atoms with Crippen molar-refractivity contribution < 1.29 is 22.7 Å². The van der Waals surface area contributed by atoms with Crippen LogP contribution in [0, 0.1) is 0 Å². The molecule has 29 heavy (non-hydrogen) atoms. The second-order valence-electron chi connectivity index (χ2n) is 7.70. The van der Waals surface area contributed by atoms with E-state index in [9.17, 15) is 18.0 Å². The van der Waals surface area contributed by atoms with Gasteiger partial charge in [-0.2, -0.15) is 13.2 Å². The molecule has 0 spiro atoms. The number of hydrogen-bond donors (Lipinski definition) is 2. The van der Waals surface area contributed by atoms with Crippen molar-refractivity contribution in [3.8, 4) is 5.75 Å². The third kappa shape index (κ3) is 3.66. The third-order valence-electron chi connectivity index (χ3n) is 5.85. The number of nitrogens with one attached hydrogen (secondary N) is 2.